The van der Waals surface area contributed by atoms with E-state index in [-0.39, 0.29) is 28.7 Å². The maximum Gasteiger partial charge on any atom is 0.318 e. The number of benzene rings is 4. The van der Waals surface area contributed by atoms with Gasteiger partial charge in [-0.1, -0.05) is 84.0 Å². The van der Waals surface area contributed by atoms with Crippen LogP contribution in [0.2, 0.25) is 0 Å². The van der Waals surface area contributed by atoms with Gasteiger partial charge in [0, 0.05) is 72.3 Å². The molecule has 5 aromatic rings. The van der Waals surface area contributed by atoms with Crippen LogP contribution < -0.4 is 26.0 Å². The van der Waals surface area contributed by atoms with Crippen molar-refractivity contribution < 1.29 is 18.9 Å². The van der Waals surface area contributed by atoms with Crippen molar-refractivity contribution in [1.29, 1.82) is 0 Å². The molecule has 0 radical (unpaired) electrons. The highest BCUT2D eigenvalue weighted by Gasteiger charge is 2.44. The summed E-state index contributed by atoms with van der Waals surface area (Å²) >= 11 is 0. The summed E-state index contributed by atoms with van der Waals surface area (Å²) in [7, 11) is 0. The normalized spacial score (nSPS) is 17.0. The molecule has 330 valence electrons. The lowest BCUT2D eigenvalue weighted by Gasteiger charge is -2.30. The van der Waals surface area contributed by atoms with E-state index in [9.17, 15) is 9.59 Å². The van der Waals surface area contributed by atoms with Gasteiger partial charge >= 0.3 is 6.01 Å². The molecule has 7 rings (SSSR count). The molecule has 0 saturated heterocycles. The summed E-state index contributed by atoms with van der Waals surface area (Å²) in [6.07, 6.45) is 14.6. The van der Waals surface area contributed by atoms with Crippen molar-refractivity contribution in [2.75, 3.05) is 23.7 Å². The number of allylic oxidation sites excluding steroid dienone is 6. The molecule has 0 saturated carbocycles. The van der Waals surface area contributed by atoms with Crippen LogP contribution in [0.4, 0.5) is 17.2 Å². The number of anilines is 2. The maximum absolute atomic E-state index is 13.2. The Kier molecular flexibility index (Phi) is 13.9. The first kappa shape index (κ1) is 45.2. The molecule has 1 unspecified atom stereocenters. The molecule has 3 heterocycles. The summed E-state index contributed by atoms with van der Waals surface area (Å²) in [6, 6.07) is 30.5. The largest absolute Gasteiger partial charge is 0.459 e. The van der Waals surface area contributed by atoms with Crippen LogP contribution in [-0.4, -0.2) is 45.2 Å². The van der Waals surface area contributed by atoms with Gasteiger partial charge in [-0.3, -0.25) is 9.59 Å². The van der Waals surface area contributed by atoms with Crippen molar-refractivity contribution in [2.24, 2.45) is 0 Å². The first-order chi connectivity index (χ1) is 30.8. The Morgan fingerprint density at radius 1 is 0.812 bits per heavy atom. The summed E-state index contributed by atoms with van der Waals surface area (Å²) in [5.41, 5.74) is 19.1. The highest BCUT2D eigenvalue weighted by Crippen LogP contribution is 2.51. The number of amides is 2. The van der Waals surface area contributed by atoms with E-state index in [1.165, 1.54) is 45.0 Å². The van der Waals surface area contributed by atoms with E-state index in [4.69, 9.17) is 10.5 Å². The van der Waals surface area contributed by atoms with E-state index in [0.717, 1.165) is 42.6 Å². The average Bonchev–Trinajstić information content (AvgIpc) is 3.65. The Bertz CT molecular complexity index is 2620. The molecule has 1 atom stereocenters. The first-order valence-corrected chi connectivity index (χ1v) is 22.4. The Labute approximate surface area is 378 Å². The Balaban J connectivity index is 0.916. The van der Waals surface area contributed by atoms with Crippen LogP contribution in [0.5, 0.6) is 6.01 Å². The molecule has 0 bridgehead atoms. The molecule has 64 heavy (non-hydrogen) atoms. The Morgan fingerprint density at radius 3 is 2.19 bits per heavy atom. The summed E-state index contributed by atoms with van der Waals surface area (Å²) in [4.78, 5) is 36.7. The predicted molar refractivity (Wildman–Crippen MR) is 258 cm³/mol. The standard InChI is InChI=1S/C54H61N7O3/c1-8-60-45-27-17-37(3)32-43(45)53(5,6)47(60)14-11-10-12-15-48-54(7,44-33-38(4)18-28-46(44)61(48)9-2)30-13-16-50(62)57-34-40-23-25-42(26-24-40)51(63)58-35-39-19-21-41(22-20-39)36-64-52-56-31-29-49(55)59-52/h10-12,14-15,17-29,31-33H,8-9,13,16,30,34-36H2,1-7H3,(H3-,55,56,57,58,59,62,63)/p+1. The molecule has 10 nitrogen and oxygen atoms in total. The van der Waals surface area contributed by atoms with E-state index in [1.54, 1.807) is 24.4 Å². The van der Waals surface area contributed by atoms with Crippen LogP contribution in [-0.2, 0) is 35.3 Å². The van der Waals surface area contributed by atoms with Crippen LogP contribution in [0.25, 0.3) is 0 Å². The number of nitrogen functional groups attached to an aromatic ring is 1. The van der Waals surface area contributed by atoms with Crippen molar-refractivity contribution in [3.63, 3.8) is 0 Å². The van der Waals surface area contributed by atoms with E-state index in [1.807, 2.05) is 36.4 Å². The molecule has 0 fully saturated rings. The van der Waals surface area contributed by atoms with E-state index in [0.29, 0.717) is 37.5 Å². The molecule has 0 spiro atoms. The van der Waals surface area contributed by atoms with Gasteiger partial charge < -0.3 is 26.0 Å². The van der Waals surface area contributed by atoms with Crippen molar-refractivity contribution in [1.82, 2.24) is 20.6 Å². The van der Waals surface area contributed by atoms with Crippen molar-refractivity contribution in [2.45, 2.75) is 98.3 Å². The highest BCUT2D eigenvalue weighted by atomic mass is 16.5. The van der Waals surface area contributed by atoms with Crippen LogP contribution in [0.15, 0.2) is 133 Å². The molecule has 10 heteroatoms. The number of aryl methyl sites for hydroxylation is 2. The van der Waals surface area contributed by atoms with Crippen LogP contribution >= 0.6 is 0 Å². The monoisotopic (exact) mass is 856 g/mol. The van der Waals surface area contributed by atoms with Gasteiger partial charge in [0.15, 0.2) is 5.71 Å². The molecule has 4 aromatic carbocycles. The quantitative estimate of drug-likeness (QED) is 0.0628. The summed E-state index contributed by atoms with van der Waals surface area (Å²) in [6.45, 7) is 18.5. The third-order valence-corrected chi connectivity index (χ3v) is 12.6. The first-order valence-electron chi connectivity index (χ1n) is 22.4. The fraction of sp³-hybridized carbons (Fsp3) is 0.315. The highest BCUT2D eigenvalue weighted by molar-refractivity contribution is 6.03. The molecule has 0 aliphatic carbocycles. The van der Waals surface area contributed by atoms with E-state index in [2.05, 4.69) is 145 Å². The van der Waals surface area contributed by atoms with Gasteiger partial charge in [-0.15, -0.1) is 0 Å². The molecular formula is C54H62N7O3+. The Hall–Kier alpha value is -6.81. The topological polar surface area (TPSA) is 125 Å². The van der Waals surface area contributed by atoms with Crippen molar-refractivity contribution in [3.05, 3.63) is 178 Å². The fourth-order valence-electron chi connectivity index (χ4n) is 9.03. The molecule has 4 N–H and O–H groups in total. The maximum atomic E-state index is 13.2. The minimum Gasteiger partial charge on any atom is -0.459 e. The number of nitrogens with zero attached hydrogens (tertiary/aromatic N) is 4. The number of hydrogen-bond donors (Lipinski definition) is 3. The zero-order valence-electron chi connectivity index (χ0n) is 38.4. The second-order valence-corrected chi connectivity index (χ2v) is 17.5. The van der Waals surface area contributed by atoms with Gasteiger partial charge in [0.25, 0.3) is 5.91 Å². The minimum absolute atomic E-state index is 0.0113. The second-order valence-electron chi connectivity index (χ2n) is 17.5. The van der Waals surface area contributed by atoms with Gasteiger partial charge in [0.05, 0.1) is 5.41 Å². The number of rotatable bonds is 17. The molecule has 2 amide bonds. The van der Waals surface area contributed by atoms with Gasteiger partial charge in [-0.25, -0.2) is 4.98 Å². The lowest BCUT2D eigenvalue weighted by Crippen LogP contribution is -2.29. The number of hydrogen-bond acceptors (Lipinski definition) is 7. The lowest BCUT2D eigenvalue weighted by molar-refractivity contribution is -0.433. The second kappa shape index (κ2) is 19.7. The molecule has 1 aromatic heterocycles. The fourth-order valence-corrected chi connectivity index (χ4v) is 9.03. The van der Waals surface area contributed by atoms with Crippen molar-refractivity contribution in [3.8, 4) is 6.01 Å². The van der Waals surface area contributed by atoms with Crippen LogP contribution in [0.3, 0.4) is 0 Å². The van der Waals surface area contributed by atoms with E-state index < -0.39 is 0 Å². The third kappa shape index (κ3) is 10.0. The number of ether oxygens (including phenoxy) is 1. The van der Waals surface area contributed by atoms with Gasteiger partial charge in [0.1, 0.15) is 19.0 Å². The molecule has 2 aliphatic heterocycles. The molecule has 2 aliphatic rings. The van der Waals surface area contributed by atoms with Gasteiger partial charge in [0.2, 0.25) is 11.6 Å². The number of carbonyl (C=O) groups excluding carboxylic acids is 2. The number of aromatic nitrogens is 2. The van der Waals surface area contributed by atoms with Crippen LogP contribution in [0.1, 0.15) is 103 Å². The number of nitrogens with one attached hydrogen (secondary N) is 2. The minimum atomic E-state index is -0.255. The summed E-state index contributed by atoms with van der Waals surface area (Å²) in [5, 5.41) is 6.08. The SMILES string of the molecule is CCN1/C(=C/C=C/C=C/C2=[N+](CC)c3ccc(C)cc3C2(C)C)C(C)(CCCC(=O)NCc2ccc(C(=O)NCc3ccc(COc4nccc(N)n4)cc3)cc2)c2cc(C)ccc21. The number of likely N-dealkylation sites (N-methyl/N-ethyl adjacent to an activating group) is 1. The summed E-state index contributed by atoms with van der Waals surface area (Å²) in [5.74, 6) is 0.193. The third-order valence-electron chi connectivity index (χ3n) is 12.6. The zero-order chi connectivity index (χ0) is 45.4. The average molecular weight is 857 g/mol. The zero-order valence-corrected chi connectivity index (χ0v) is 38.4. The lowest BCUT2D eigenvalue weighted by atomic mass is 9.76. The van der Waals surface area contributed by atoms with Crippen LogP contribution in [0, 0.1) is 13.8 Å². The number of fused-ring (bicyclic) bond motifs is 2. The Morgan fingerprint density at radius 2 is 1.48 bits per heavy atom. The molecular weight excluding hydrogens is 795 g/mol. The number of nitrogens with two attached hydrogens (primary N) is 1. The van der Waals surface area contributed by atoms with Crippen molar-refractivity contribution >= 4 is 34.7 Å². The number of carbonyl (C=O) groups is 2. The van der Waals surface area contributed by atoms with Gasteiger partial charge in [-0.05, 0) is 120 Å². The van der Waals surface area contributed by atoms with Gasteiger partial charge in [-0.2, -0.15) is 9.56 Å². The summed E-state index contributed by atoms with van der Waals surface area (Å²) < 4.78 is 8.04. The predicted octanol–water partition coefficient (Wildman–Crippen LogP) is 9.86. The van der Waals surface area contributed by atoms with E-state index >= 15 is 0 Å². The smallest absolute Gasteiger partial charge is 0.318 e.